The molecule has 6 nitrogen and oxygen atoms in total. The second kappa shape index (κ2) is 8.68. The quantitative estimate of drug-likeness (QED) is 0.766. The Morgan fingerprint density at radius 3 is 2.44 bits per heavy atom. The van der Waals surface area contributed by atoms with E-state index in [4.69, 9.17) is 21.7 Å². The highest BCUT2D eigenvalue weighted by molar-refractivity contribution is 7.80. The van der Waals surface area contributed by atoms with Crippen LogP contribution in [0.15, 0.2) is 42.5 Å². The molecule has 0 saturated heterocycles. The van der Waals surface area contributed by atoms with Crippen LogP contribution in [0.2, 0.25) is 0 Å². The smallest absolute Gasteiger partial charge is 0.243 e. The fourth-order valence-electron chi connectivity index (χ4n) is 2.56. The number of halogens is 1. The SMILES string of the molecule is CCN(CC(=O)Nc1ccc2c(c1)OCCO2)C(=S)Nc1ccc(F)cc1. The molecule has 1 heterocycles. The number of hydrogen-bond acceptors (Lipinski definition) is 4. The monoisotopic (exact) mass is 389 g/mol. The Balaban J connectivity index is 1.57. The molecule has 0 bridgehead atoms. The summed E-state index contributed by atoms with van der Waals surface area (Å²) in [7, 11) is 0. The maximum absolute atomic E-state index is 13.0. The topological polar surface area (TPSA) is 62.8 Å². The molecule has 8 heteroatoms. The Hall–Kier alpha value is -2.87. The van der Waals surface area contributed by atoms with Gasteiger partial charge in [0.25, 0.3) is 0 Å². The number of carbonyl (C=O) groups is 1. The number of thiocarbonyl (C=S) groups is 1. The van der Waals surface area contributed by atoms with Gasteiger partial charge in [-0.3, -0.25) is 4.79 Å². The highest BCUT2D eigenvalue weighted by atomic mass is 32.1. The van der Waals surface area contributed by atoms with E-state index in [-0.39, 0.29) is 18.3 Å². The highest BCUT2D eigenvalue weighted by Crippen LogP contribution is 2.32. The number of anilines is 2. The maximum atomic E-state index is 13.0. The first-order valence-corrected chi connectivity index (χ1v) is 8.97. The van der Waals surface area contributed by atoms with Crippen LogP contribution in [0.5, 0.6) is 11.5 Å². The summed E-state index contributed by atoms with van der Waals surface area (Å²) in [5, 5.41) is 6.22. The van der Waals surface area contributed by atoms with Crippen LogP contribution in [0, 0.1) is 5.82 Å². The number of benzene rings is 2. The largest absolute Gasteiger partial charge is 0.486 e. The number of nitrogens with zero attached hydrogens (tertiary/aromatic N) is 1. The minimum absolute atomic E-state index is 0.0813. The summed E-state index contributed by atoms with van der Waals surface area (Å²) in [6.45, 7) is 3.52. The van der Waals surface area contributed by atoms with Crippen molar-refractivity contribution in [2.24, 2.45) is 0 Å². The summed E-state index contributed by atoms with van der Waals surface area (Å²) in [6.07, 6.45) is 0. The third kappa shape index (κ3) is 5.07. The lowest BCUT2D eigenvalue weighted by molar-refractivity contribution is -0.116. The Labute approximate surface area is 162 Å². The van der Waals surface area contributed by atoms with Gasteiger partial charge in [0, 0.05) is 24.0 Å². The first kappa shape index (κ1) is 18.9. The molecule has 0 fully saturated rings. The molecule has 0 atom stereocenters. The number of ether oxygens (including phenoxy) is 2. The van der Waals surface area contributed by atoms with Crippen LogP contribution < -0.4 is 20.1 Å². The second-order valence-electron chi connectivity index (χ2n) is 5.86. The number of fused-ring (bicyclic) bond motifs is 1. The van der Waals surface area contributed by atoms with E-state index in [9.17, 15) is 9.18 Å². The molecule has 3 rings (SSSR count). The zero-order valence-corrected chi connectivity index (χ0v) is 15.6. The minimum atomic E-state index is -0.322. The molecule has 1 aliphatic rings. The van der Waals surface area contributed by atoms with Crippen molar-refractivity contribution in [3.63, 3.8) is 0 Å². The van der Waals surface area contributed by atoms with Gasteiger partial charge in [-0.2, -0.15) is 0 Å². The summed E-state index contributed by atoms with van der Waals surface area (Å²) in [5.41, 5.74) is 1.28. The highest BCUT2D eigenvalue weighted by Gasteiger charge is 2.15. The standard InChI is InChI=1S/C19H20FN3O3S/c1-2-23(19(27)22-14-5-3-13(20)4-6-14)12-18(24)21-15-7-8-16-17(11-15)26-10-9-25-16/h3-8,11H,2,9-10,12H2,1H3,(H,21,24)(H,22,27). The summed E-state index contributed by atoms with van der Waals surface area (Å²) < 4.78 is 24.0. The number of carbonyl (C=O) groups excluding carboxylic acids is 1. The zero-order valence-electron chi connectivity index (χ0n) is 14.8. The molecule has 0 saturated carbocycles. The lowest BCUT2D eigenvalue weighted by Crippen LogP contribution is -2.40. The van der Waals surface area contributed by atoms with E-state index >= 15 is 0 Å². The molecule has 0 unspecified atom stereocenters. The van der Waals surface area contributed by atoms with Crippen molar-refractivity contribution in [3.05, 3.63) is 48.3 Å². The maximum Gasteiger partial charge on any atom is 0.243 e. The van der Waals surface area contributed by atoms with Crippen LogP contribution in [0.4, 0.5) is 15.8 Å². The van der Waals surface area contributed by atoms with Crippen molar-refractivity contribution in [2.75, 3.05) is 36.9 Å². The minimum Gasteiger partial charge on any atom is -0.486 e. The van der Waals surface area contributed by atoms with Crippen LogP contribution in [0.1, 0.15) is 6.92 Å². The van der Waals surface area contributed by atoms with Gasteiger partial charge >= 0.3 is 0 Å². The predicted molar refractivity (Wildman–Crippen MR) is 106 cm³/mol. The molecule has 2 N–H and O–H groups in total. The molecule has 2 aromatic carbocycles. The Morgan fingerprint density at radius 1 is 1.07 bits per heavy atom. The Morgan fingerprint density at radius 2 is 1.74 bits per heavy atom. The Kier molecular flexibility index (Phi) is 6.08. The van der Waals surface area contributed by atoms with Crippen molar-refractivity contribution in [1.29, 1.82) is 0 Å². The van der Waals surface area contributed by atoms with Crippen LogP contribution in [0.25, 0.3) is 0 Å². The van der Waals surface area contributed by atoms with Crippen LogP contribution in [-0.4, -0.2) is 42.2 Å². The van der Waals surface area contributed by atoms with Crippen LogP contribution >= 0.6 is 12.2 Å². The van der Waals surface area contributed by atoms with E-state index in [0.29, 0.717) is 47.7 Å². The number of nitrogens with one attached hydrogen (secondary N) is 2. The first-order valence-electron chi connectivity index (χ1n) is 8.56. The average molecular weight is 389 g/mol. The van der Waals surface area contributed by atoms with Gasteiger partial charge in [-0.1, -0.05) is 0 Å². The third-order valence-corrected chi connectivity index (χ3v) is 4.29. The molecule has 2 aromatic rings. The number of amides is 1. The van der Waals surface area contributed by atoms with Gasteiger partial charge in [-0.05, 0) is 55.5 Å². The van der Waals surface area contributed by atoms with Gasteiger partial charge in [-0.25, -0.2) is 4.39 Å². The molecule has 0 aromatic heterocycles. The predicted octanol–water partition coefficient (Wildman–Crippen LogP) is 3.25. The van der Waals surface area contributed by atoms with Crippen molar-refractivity contribution in [2.45, 2.75) is 6.92 Å². The molecule has 0 aliphatic carbocycles. The lowest BCUT2D eigenvalue weighted by Gasteiger charge is -2.24. The summed E-state index contributed by atoms with van der Waals surface area (Å²) >= 11 is 5.36. The van der Waals surface area contributed by atoms with Gasteiger partial charge in [0.05, 0.1) is 6.54 Å². The van der Waals surface area contributed by atoms with E-state index in [0.717, 1.165) is 0 Å². The fourth-order valence-corrected chi connectivity index (χ4v) is 2.87. The molecule has 0 spiro atoms. The van der Waals surface area contributed by atoms with E-state index in [1.165, 1.54) is 12.1 Å². The van der Waals surface area contributed by atoms with Gasteiger partial charge < -0.3 is 25.0 Å². The average Bonchev–Trinajstić information content (AvgIpc) is 2.67. The number of likely N-dealkylation sites (N-methyl/N-ethyl adjacent to an activating group) is 1. The molecule has 1 aliphatic heterocycles. The number of rotatable bonds is 5. The third-order valence-electron chi connectivity index (χ3n) is 3.92. The van der Waals surface area contributed by atoms with Crippen molar-refractivity contribution < 1.29 is 18.7 Å². The molecule has 0 radical (unpaired) electrons. The van der Waals surface area contributed by atoms with E-state index in [1.54, 1.807) is 35.2 Å². The van der Waals surface area contributed by atoms with Gasteiger partial charge in [0.2, 0.25) is 5.91 Å². The molecular weight excluding hydrogens is 369 g/mol. The van der Waals surface area contributed by atoms with Crippen molar-refractivity contribution in [1.82, 2.24) is 4.90 Å². The van der Waals surface area contributed by atoms with E-state index in [2.05, 4.69) is 10.6 Å². The summed E-state index contributed by atoms with van der Waals surface area (Å²) in [4.78, 5) is 14.1. The second-order valence-corrected chi connectivity index (χ2v) is 6.24. The zero-order chi connectivity index (χ0) is 19.2. The van der Waals surface area contributed by atoms with Gasteiger partial charge in [-0.15, -0.1) is 0 Å². The summed E-state index contributed by atoms with van der Waals surface area (Å²) in [5.74, 6) is 0.744. The van der Waals surface area contributed by atoms with Crippen LogP contribution in [0.3, 0.4) is 0 Å². The summed E-state index contributed by atoms with van der Waals surface area (Å²) in [6, 6.07) is 11.1. The van der Waals surface area contributed by atoms with Crippen molar-refractivity contribution >= 4 is 34.6 Å². The molecular formula is C19H20FN3O3S. The first-order chi connectivity index (χ1) is 13.0. The van der Waals surface area contributed by atoms with Gasteiger partial charge in [0.15, 0.2) is 16.6 Å². The molecule has 1 amide bonds. The van der Waals surface area contributed by atoms with Crippen LogP contribution in [-0.2, 0) is 4.79 Å². The fraction of sp³-hybridized carbons (Fsp3) is 0.263. The van der Waals surface area contributed by atoms with Gasteiger partial charge in [0.1, 0.15) is 19.0 Å². The van der Waals surface area contributed by atoms with E-state index < -0.39 is 0 Å². The molecule has 27 heavy (non-hydrogen) atoms. The van der Waals surface area contributed by atoms with E-state index in [1.807, 2.05) is 6.92 Å². The Bertz CT molecular complexity index is 829. The lowest BCUT2D eigenvalue weighted by atomic mass is 10.2. The normalized spacial score (nSPS) is 12.2. The van der Waals surface area contributed by atoms with Crippen molar-refractivity contribution in [3.8, 4) is 11.5 Å². The number of hydrogen-bond donors (Lipinski definition) is 2. The molecule has 142 valence electrons.